The second-order valence-corrected chi connectivity index (χ2v) is 4.70. The topological polar surface area (TPSA) is 58.9 Å². The Labute approximate surface area is 106 Å². The molecule has 0 bridgehead atoms. The highest BCUT2D eigenvalue weighted by molar-refractivity contribution is 5.85. The molecule has 0 saturated carbocycles. The van der Waals surface area contributed by atoms with Crippen LogP contribution in [0.4, 0.5) is 5.82 Å². The van der Waals surface area contributed by atoms with Crippen molar-refractivity contribution >= 4 is 16.9 Å². The van der Waals surface area contributed by atoms with Crippen molar-refractivity contribution in [1.82, 2.24) is 24.6 Å². The van der Waals surface area contributed by atoms with E-state index in [2.05, 4.69) is 25.3 Å². The Morgan fingerprint density at radius 3 is 2.94 bits per heavy atom. The van der Waals surface area contributed by atoms with Crippen molar-refractivity contribution in [1.29, 1.82) is 0 Å². The molecular weight excluding hydrogens is 228 g/mol. The Morgan fingerprint density at radius 1 is 1.28 bits per heavy atom. The Kier molecular flexibility index (Phi) is 3.10. The summed E-state index contributed by atoms with van der Waals surface area (Å²) in [6, 6.07) is 0. The van der Waals surface area contributed by atoms with E-state index in [4.69, 9.17) is 0 Å². The average Bonchev–Trinajstić information content (AvgIpc) is 3.01. The van der Waals surface area contributed by atoms with Gasteiger partial charge in [0, 0.05) is 20.1 Å². The molecule has 1 fully saturated rings. The Morgan fingerprint density at radius 2 is 2.11 bits per heavy atom. The Hall–Kier alpha value is -1.69. The van der Waals surface area contributed by atoms with Gasteiger partial charge in [-0.05, 0) is 25.9 Å². The normalized spacial score (nSPS) is 16.5. The maximum absolute atomic E-state index is 4.29. The first kappa shape index (κ1) is 11.4. The molecule has 0 radical (unpaired) electrons. The van der Waals surface area contributed by atoms with Gasteiger partial charge in [-0.25, -0.2) is 9.97 Å². The van der Waals surface area contributed by atoms with Crippen LogP contribution >= 0.6 is 0 Å². The summed E-state index contributed by atoms with van der Waals surface area (Å²) in [6.07, 6.45) is 6.07. The standard InChI is InChI=1S/C12H18N6/c1-17-12-10(8-16-17)11(14-9-15-12)13-4-7-18-5-2-3-6-18/h8-9H,2-7H2,1H3,(H,13,14,15). The molecule has 0 amide bonds. The second kappa shape index (κ2) is 4.89. The van der Waals surface area contributed by atoms with Crippen molar-refractivity contribution in [3.8, 4) is 0 Å². The largest absolute Gasteiger partial charge is 0.368 e. The molecule has 0 aliphatic carbocycles. The van der Waals surface area contributed by atoms with Gasteiger partial charge in [-0.2, -0.15) is 5.10 Å². The lowest BCUT2D eigenvalue weighted by Gasteiger charge is -2.15. The van der Waals surface area contributed by atoms with Crippen LogP contribution in [0.5, 0.6) is 0 Å². The summed E-state index contributed by atoms with van der Waals surface area (Å²) >= 11 is 0. The Bertz CT molecular complexity index is 528. The molecular formula is C12H18N6. The maximum atomic E-state index is 4.29. The minimum atomic E-state index is 0.869. The highest BCUT2D eigenvalue weighted by atomic mass is 15.3. The van der Waals surface area contributed by atoms with Crippen LogP contribution in [0.15, 0.2) is 12.5 Å². The number of aryl methyl sites for hydroxylation is 1. The smallest absolute Gasteiger partial charge is 0.163 e. The molecule has 3 rings (SSSR count). The van der Waals surface area contributed by atoms with Crippen molar-refractivity contribution in [2.24, 2.45) is 7.05 Å². The fourth-order valence-corrected chi connectivity index (χ4v) is 2.44. The minimum absolute atomic E-state index is 0.869. The van der Waals surface area contributed by atoms with E-state index in [0.29, 0.717) is 0 Å². The van der Waals surface area contributed by atoms with E-state index >= 15 is 0 Å². The van der Waals surface area contributed by atoms with Crippen molar-refractivity contribution < 1.29 is 0 Å². The lowest BCUT2D eigenvalue weighted by Crippen LogP contribution is -2.26. The van der Waals surface area contributed by atoms with E-state index in [1.165, 1.54) is 25.9 Å². The van der Waals surface area contributed by atoms with Crippen LogP contribution in [0.2, 0.25) is 0 Å². The van der Waals surface area contributed by atoms with Gasteiger partial charge in [0.05, 0.1) is 11.6 Å². The van der Waals surface area contributed by atoms with E-state index in [1.807, 2.05) is 13.2 Å². The maximum Gasteiger partial charge on any atom is 0.163 e. The first-order valence-electron chi connectivity index (χ1n) is 6.43. The number of fused-ring (bicyclic) bond motifs is 1. The monoisotopic (exact) mass is 246 g/mol. The van der Waals surface area contributed by atoms with Gasteiger partial charge in [-0.15, -0.1) is 0 Å². The molecule has 1 N–H and O–H groups in total. The summed E-state index contributed by atoms with van der Waals surface area (Å²) in [7, 11) is 1.89. The predicted octanol–water partition coefficient (Wildman–Crippen LogP) is 0.871. The second-order valence-electron chi connectivity index (χ2n) is 4.70. The first-order chi connectivity index (χ1) is 8.84. The van der Waals surface area contributed by atoms with Gasteiger partial charge in [0.2, 0.25) is 0 Å². The van der Waals surface area contributed by atoms with Crippen LogP contribution in [-0.2, 0) is 7.05 Å². The molecule has 6 nitrogen and oxygen atoms in total. The van der Waals surface area contributed by atoms with Crippen molar-refractivity contribution in [2.45, 2.75) is 12.8 Å². The molecule has 2 aromatic heterocycles. The van der Waals surface area contributed by atoms with E-state index in [9.17, 15) is 0 Å². The molecule has 1 aliphatic heterocycles. The highest BCUT2D eigenvalue weighted by Gasteiger charge is 2.11. The zero-order chi connectivity index (χ0) is 12.4. The van der Waals surface area contributed by atoms with Crippen LogP contribution in [-0.4, -0.2) is 50.8 Å². The van der Waals surface area contributed by atoms with Gasteiger partial charge in [0.1, 0.15) is 12.1 Å². The van der Waals surface area contributed by atoms with Crippen LogP contribution in [0.3, 0.4) is 0 Å². The van der Waals surface area contributed by atoms with Gasteiger partial charge < -0.3 is 10.2 Å². The molecule has 0 atom stereocenters. The third kappa shape index (κ3) is 2.15. The van der Waals surface area contributed by atoms with E-state index in [1.54, 1.807) is 11.0 Å². The molecule has 0 unspecified atom stereocenters. The summed E-state index contributed by atoms with van der Waals surface area (Å²) in [5.74, 6) is 0.882. The fraction of sp³-hybridized carbons (Fsp3) is 0.583. The van der Waals surface area contributed by atoms with E-state index < -0.39 is 0 Å². The molecule has 18 heavy (non-hydrogen) atoms. The fourth-order valence-electron chi connectivity index (χ4n) is 2.44. The number of nitrogens with zero attached hydrogens (tertiary/aromatic N) is 5. The molecule has 2 aromatic rings. The predicted molar refractivity (Wildman–Crippen MR) is 70.5 cm³/mol. The number of anilines is 1. The number of nitrogens with one attached hydrogen (secondary N) is 1. The van der Waals surface area contributed by atoms with Gasteiger partial charge >= 0.3 is 0 Å². The molecule has 1 saturated heterocycles. The first-order valence-corrected chi connectivity index (χ1v) is 6.43. The van der Waals surface area contributed by atoms with E-state index in [-0.39, 0.29) is 0 Å². The third-order valence-electron chi connectivity index (χ3n) is 3.45. The number of likely N-dealkylation sites (tertiary alicyclic amines) is 1. The summed E-state index contributed by atoms with van der Waals surface area (Å²) in [4.78, 5) is 11.0. The quantitative estimate of drug-likeness (QED) is 0.867. The number of hydrogen-bond donors (Lipinski definition) is 1. The minimum Gasteiger partial charge on any atom is -0.368 e. The van der Waals surface area contributed by atoms with Crippen LogP contribution in [0.1, 0.15) is 12.8 Å². The lowest BCUT2D eigenvalue weighted by molar-refractivity contribution is 0.352. The van der Waals surface area contributed by atoms with Crippen molar-refractivity contribution in [2.75, 3.05) is 31.5 Å². The molecule has 6 heteroatoms. The van der Waals surface area contributed by atoms with Crippen LogP contribution < -0.4 is 5.32 Å². The molecule has 3 heterocycles. The van der Waals surface area contributed by atoms with Crippen molar-refractivity contribution in [3.05, 3.63) is 12.5 Å². The Balaban J connectivity index is 1.66. The summed E-state index contributed by atoms with van der Waals surface area (Å²) < 4.78 is 1.77. The van der Waals surface area contributed by atoms with Gasteiger partial charge in [0.25, 0.3) is 0 Å². The number of aromatic nitrogens is 4. The zero-order valence-electron chi connectivity index (χ0n) is 10.6. The van der Waals surface area contributed by atoms with E-state index in [0.717, 1.165) is 29.9 Å². The summed E-state index contributed by atoms with van der Waals surface area (Å²) in [6.45, 7) is 4.45. The third-order valence-corrected chi connectivity index (χ3v) is 3.45. The number of rotatable bonds is 4. The summed E-state index contributed by atoms with van der Waals surface area (Å²) in [5.41, 5.74) is 0.869. The molecule has 96 valence electrons. The number of hydrogen-bond acceptors (Lipinski definition) is 5. The van der Waals surface area contributed by atoms with Crippen molar-refractivity contribution in [3.63, 3.8) is 0 Å². The lowest BCUT2D eigenvalue weighted by atomic mass is 10.4. The van der Waals surface area contributed by atoms with Gasteiger partial charge in [-0.1, -0.05) is 0 Å². The zero-order valence-corrected chi connectivity index (χ0v) is 10.6. The highest BCUT2D eigenvalue weighted by Crippen LogP contribution is 2.17. The van der Waals surface area contributed by atoms with Gasteiger partial charge in [-0.3, -0.25) is 4.68 Å². The molecule has 1 aliphatic rings. The SMILES string of the molecule is Cn1ncc2c(NCCN3CCCC3)ncnc21. The molecule has 0 aromatic carbocycles. The van der Waals surface area contributed by atoms with Crippen LogP contribution in [0.25, 0.3) is 11.0 Å². The average molecular weight is 246 g/mol. The van der Waals surface area contributed by atoms with Gasteiger partial charge in [0.15, 0.2) is 5.65 Å². The molecule has 0 spiro atoms. The summed E-state index contributed by atoms with van der Waals surface area (Å²) in [5, 5.41) is 8.57. The van der Waals surface area contributed by atoms with Crippen LogP contribution in [0, 0.1) is 0 Å².